The van der Waals surface area contributed by atoms with Gasteiger partial charge in [-0.2, -0.15) is 16.6 Å². The molecule has 7 heteroatoms. The third kappa shape index (κ3) is 2.98. The summed E-state index contributed by atoms with van der Waals surface area (Å²) in [6.45, 7) is 0.104. The number of benzene rings is 1. The van der Waals surface area contributed by atoms with Gasteiger partial charge in [-0.05, 0) is 34.5 Å². The molecule has 0 fully saturated rings. The quantitative estimate of drug-likeness (QED) is 0.940. The summed E-state index contributed by atoms with van der Waals surface area (Å²) in [6, 6.07) is 6.87. The van der Waals surface area contributed by atoms with E-state index >= 15 is 0 Å². The van der Waals surface area contributed by atoms with E-state index in [0.29, 0.717) is 0 Å². The fraction of sp³-hybridized carbons (Fsp3) is 0.0833. The Morgan fingerprint density at radius 2 is 2.16 bits per heavy atom. The van der Waals surface area contributed by atoms with Crippen LogP contribution in [0.25, 0.3) is 0 Å². The second-order valence-corrected chi connectivity index (χ2v) is 6.20. The summed E-state index contributed by atoms with van der Waals surface area (Å²) in [7, 11) is -3.91. The van der Waals surface area contributed by atoms with Crippen LogP contribution in [0.1, 0.15) is 11.1 Å². The van der Waals surface area contributed by atoms with Crippen molar-refractivity contribution in [3.8, 4) is 6.07 Å². The van der Waals surface area contributed by atoms with Crippen LogP contribution in [0.3, 0.4) is 0 Å². The molecule has 0 aliphatic carbocycles. The Morgan fingerprint density at radius 3 is 2.79 bits per heavy atom. The molecule has 2 aromatic rings. The van der Waals surface area contributed by atoms with E-state index in [0.717, 1.165) is 11.6 Å². The molecular weight excluding hydrogens is 287 g/mol. The zero-order valence-electron chi connectivity index (χ0n) is 9.63. The monoisotopic (exact) mass is 296 g/mol. The Hall–Kier alpha value is -1.75. The molecule has 0 aliphatic heterocycles. The molecule has 0 radical (unpaired) electrons. The summed E-state index contributed by atoms with van der Waals surface area (Å²) in [5, 5.41) is 12.5. The molecule has 1 aromatic heterocycles. The first-order chi connectivity index (χ1) is 9.04. The van der Waals surface area contributed by atoms with Gasteiger partial charge < -0.3 is 0 Å². The third-order valence-electron chi connectivity index (χ3n) is 2.42. The van der Waals surface area contributed by atoms with E-state index in [2.05, 4.69) is 4.72 Å². The molecule has 2 rings (SSSR count). The van der Waals surface area contributed by atoms with Crippen molar-refractivity contribution in [1.29, 1.82) is 5.26 Å². The number of nitriles is 1. The maximum atomic E-state index is 13.4. The van der Waals surface area contributed by atoms with Crippen LogP contribution in [0.2, 0.25) is 0 Å². The van der Waals surface area contributed by atoms with Gasteiger partial charge in [-0.3, -0.25) is 0 Å². The lowest BCUT2D eigenvalue weighted by molar-refractivity contribution is 0.576. The van der Waals surface area contributed by atoms with Crippen LogP contribution in [-0.2, 0) is 16.6 Å². The van der Waals surface area contributed by atoms with Gasteiger partial charge in [0.15, 0.2) is 0 Å². The molecule has 0 aliphatic rings. The van der Waals surface area contributed by atoms with Crippen molar-refractivity contribution in [2.45, 2.75) is 11.4 Å². The predicted molar refractivity (Wildman–Crippen MR) is 69.5 cm³/mol. The van der Waals surface area contributed by atoms with Gasteiger partial charge in [-0.25, -0.2) is 17.5 Å². The summed E-state index contributed by atoms with van der Waals surface area (Å²) >= 11 is 1.45. The minimum atomic E-state index is -3.91. The summed E-state index contributed by atoms with van der Waals surface area (Å²) in [5.74, 6) is -0.846. The zero-order valence-corrected chi connectivity index (χ0v) is 11.3. The summed E-state index contributed by atoms with van der Waals surface area (Å²) in [6.07, 6.45) is 0. The van der Waals surface area contributed by atoms with Crippen molar-refractivity contribution >= 4 is 21.4 Å². The standard InChI is InChI=1S/C12H9FN2O2S2/c13-11-2-1-3-12(10(11)6-14)19(16,17)15-7-9-4-5-18-8-9/h1-5,8,15H,7H2. The third-order valence-corrected chi connectivity index (χ3v) is 4.60. The molecule has 0 saturated carbocycles. The normalized spacial score (nSPS) is 11.2. The summed E-state index contributed by atoms with van der Waals surface area (Å²) in [5.41, 5.74) is 0.337. The first-order valence-electron chi connectivity index (χ1n) is 5.24. The first-order valence-corrected chi connectivity index (χ1v) is 7.66. The Morgan fingerprint density at radius 1 is 1.37 bits per heavy atom. The second-order valence-electron chi connectivity index (χ2n) is 3.68. The summed E-state index contributed by atoms with van der Waals surface area (Å²) < 4.78 is 39.8. The van der Waals surface area contributed by atoms with Crippen LogP contribution in [0.4, 0.5) is 4.39 Å². The largest absolute Gasteiger partial charge is 0.242 e. The smallest absolute Gasteiger partial charge is 0.207 e. The van der Waals surface area contributed by atoms with E-state index in [4.69, 9.17) is 5.26 Å². The Kier molecular flexibility index (Phi) is 3.95. The van der Waals surface area contributed by atoms with Crippen molar-refractivity contribution < 1.29 is 12.8 Å². The van der Waals surface area contributed by atoms with Crippen molar-refractivity contribution in [3.05, 3.63) is 52.0 Å². The van der Waals surface area contributed by atoms with E-state index < -0.39 is 21.4 Å². The van der Waals surface area contributed by atoms with Crippen molar-refractivity contribution in [3.63, 3.8) is 0 Å². The molecule has 1 heterocycles. The van der Waals surface area contributed by atoms with Gasteiger partial charge in [-0.15, -0.1) is 0 Å². The fourth-order valence-corrected chi connectivity index (χ4v) is 3.34. The van der Waals surface area contributed by atoms with Crippen LogP contribution >= 0.6 is 11.3 Å². The molecule has 98 valence electrons. The van der Waals surface area contributed by atoms with Crippen LogP contribution < -0.4 is 4.72 Å². The van der Waals surface area contributed by atoms with E-state index in [1.165, 1.54) is 23.5 Å². The lowest BCUT2D eigenvalue weighted by Gasteiger charge is -2.07. The average Bonchev–Trinajstić information content (AvgIpc) is 2.89. The first kappa shape index (κ1) is 13.7. The highest BCUT2D eigenvalue weighted by Gasteiger charge is 2.20. The molecule has 1 N–H and O–H groups in total. The molecular formula is C12H9FN2O2S2. The number of nitrogens with zero attached hydrogens (tertiary/aromatic N) is 1. The second kappa shape index (κ2) is 5.48. The number of nitrogens with one attached hydrogen (secondary N) is 1. The minimum absolute atomic E-state index is 0.104. The Labute approximate surface area is 114 Å². The lowest BCUT2D eigenvalue weighted by atomic mass is 10.2. The molecule has 0 amide bonds. The molecule has 0 bridgehead atoms. The molecule has 1 aromatic carbocycles. The van der Waals surface area contributed by atoms with E-state index in [1.54, 1.807) is 17.5 Å². The Bertz CT molecular complexity index is 719. The Balaban J connectivity index is 2.30. The number of hydrogen-bond acceptors (Lipinski definition) is 4. The topological polar surface area (TPSA) is 70.0 Å². The number of sulfonamides is 1. The van der Waals surface area contributed by atoms with E-state index in [1.807, 2.05) is 5.38 Å². The van der Waals surface area contributed by atoms with E-state index in [9.17, 15) is 12.8 Å². The van der Waals surface area contributed by atoms with Crippen LogP contribution in [0.15, 0.2) is 39.9 Å². The highest BCUT2D eigenvalue weighted by atomic mass is 32.2. The maximum Gasteiger partial charge on any atom is 0.242 e. The fourth-order valence-electron chi connectivity index (χ4n) is 1.49. The van der Waals surface area contributed by atoms with Crippen molar-refractivity contribution in [2.24, 2.45) is 0 Å². The molecule has 0 spiro atoms. The van der Waals surface area contributed by atoms with Crippen LogP contribution in [-0.4, -0.2) is 8.42 Å². The molecule has 19 heavy (non-hydrogen) atoms. The van der Waals surface area contributed by atoms with Gasteiger partial charge in [0.1, 0.15) is 22.3 Å². The predicted octanol–water partition coefficient (Wildman–Crippen LogP) is 2.24. The van der Waals surface area contributed by atoms with Gasteiger partial charge in [0, 0.05) is 6.54 Å². The number of halogens is 1. The number of thiophene rings is 1. The minimum Gasteiger partial charge on any atom is -0.207 e. The zero-order chi connectivity index (χ0) is 13.9. The molecule has 0 unspecified atom stereocenters. The van der Waals surface area contributed by atoms with Gasteiger partial charge in [-0.1, -0.05) is 6.07 Å². The van der Waals surface area contributed by atoms with Gasteiger partial charge in [0.05, 0.1) is 0 Å². The SMILES string of the molecule is N#Cc1c(F)cccc1S(=O)(=O)NCc1ccsc1. The summed E-state index contributed by atoms with van der Waals surface area (Å²) in [4.78, 5) is -0.342. The highest BCUT2D eigenvalue weighted by molar-refractivity contribution is 7.89. The van der Waals surface area contributed by atoms with Crippen LogP contribution in [0, 0.1) is 17.1 Å². The highest BCUT2D eigenvalue weighted by Crippen LogP contribution is 2.18. The average molecular weight is 296 g/mol. The molecule has 0 saturated heterocycles. The number of hydrogen-bond donors (Lipinski definition) is 1. The van der Waals surface area contributed by atoms with Crippen LogP contribution in [0.5, 0.6) is 0 Å². The van der Waals surface area contributed by atoms with Crippen molar-refractivity contribution in [1.82, 2.24) is 4.72 Å². The molecule has 4 nitrogen and oxygen atoms in total. The number of rotatable bonds is 4. The van der Waals surface area contributed by atoms with Gasteiger partial charge >= 0.3 is 0 Å². The van der Waals surface area contributed by atoms with E-state index in [-0.39, 0.29) is 11.4 Å². The van der Waals surface area contributed by atoms with Gasteiger partial charge in [0.2, 0.25) is 10.0 Å². The van der Waals surface area contributed by atoms with Gasteiger partial charge in [0.25, 0.3) is 0 Å². The lowest BCUT2D eigenvalue weighted by Crippen LogP contribution is -2.24. The maximum absolute atomic E-state index is 13.4. The molecule has 0 atom stereocenters. The van der Waals surface area contributed by atoms with Crippen molar-refractivity contribution in [2.75, 3.05) is 0 Å².